The van der Waals surface area contributed by atoms with Crippen LogP contribution in [0, 0.1) is 5.92 Å². The zero-order valence-corrected chi connectivity index (χ0v) is 14.1. The number of fused-ring (bicyclic) bond motifs is 1. The molecule has 0 spiro atoms. The van der Waals surface area contributed by atoms with Crippen molar-refractivity contribution in [2.24, 2.45) is 5.92 Å². The van der Waals surface area contributed by atoms with Crippen molar-refractivity contribution in [2.45, 2.75) is 26.0 Å². The van der Waals surface area contributed by atoms with E-state index in [1.807, 2.05) is 29.2 Å². The molecular weight excluding hydrogens is 304 g/mol. The Morgan fingerprint density at radius 1 is 1.29 bits per heavy atom. The summed E-state index contributed by atoms with van der Waals surface area (Å²) in [6.45, 7) is 6.91. The van der Waals surface area contributed by atoms with Gasteiger partial charge in [0.25, 0.3) is 5.91 Å². The summed E-state index contributed by atoms with van der Waals surface area (Å²) in [4.78, 5) is 24.9. The van der Waals surface area contributed by atoms with Crippen LogP contribution in [0.15, 0.2) is 24.3 Å². The van der Waals surface area contributed by atoms with Gasteiger partial charge in [0.15, 0.2) is 0 Å². The number of rotatable bonds is 3. The molecule has 2 saturated heterocycles. The second kappa shape index (κ2) is 6.53. The highest BCUT2D eigenvalue weighted by molar-refractivity contribution is 5.81. The fraction of sp³-hybridized carbons (Fsp3) is 0.556. The number of ether oxygens (including phenoxy) is 1. The predicted molar refractivity (Wildman–Crippen MR) is 91.5 cm³/mol. The van der Waals surface area contributed by atoms with E-state index in [4.69, 9.17) is 4.74 Å². The zero-order chi connectivity index (χ0) is 16.5. The van der Waals surface area contributed by atoms with Gasteiger partial charge in [0.1, 0.15) is 11.9 Å². The van der Waals surface area contributed by atoms with Crippen LogP contribution in [0.25, 0.3) is 11.0 Å². The molecule has 6 nitrogen and oxygen atoms in total. The van der Waals surface area contributed by atoms with Gasteiger partial charge in [0.05, 0.1) is 17.6 Å². The van der Waals surface area contributed by atoms with E-state index in [9.17, 15) is 4.79 Å². The third-order valence-electron chi connectivity index (χ3n) is 5.13. The van der Waals surface area contributed by atoms with Crippen LogP contribution in [-0.2, 0) is 16.1 Å². The summed E-state index contributed by atoms with van der Waals surface area (Å²) < 4.78 is 5.62. The van der Waals surface area contributed by atoms with Gasteiger partial charge in [-0.1, -0.05) is 19.1 Å². The van der Waals surface area contributed by atoms with Crippen molar-refractivity contribution in [1.29, 1.82) is 0 Å². The van der Waals surface area contributed by atoms with Crippen LogP contribution in [0.5, 0.6) is 0 Å². The number of carbonyl (C=O) groups excluding carboxylic acids is 1. The third kappa shape index (κ3) is 3.03. The van der Waals surface area contributed by atoms with Gasteiger partial charge >= 0.3 is 0 Å². The number of carbonyl (C=O) groups is 1. The van der Waals surface area contributed by atoms with E-state index in [0.717, 1.165) is 56.0 Å². The maximum Gasteiger partial charge on any atom is 0.252 e. The Morgan fingerprint density at radius 3 is 2.79 bits per heavy atom. The first-order valence-electron chi connectivity index (χ1n) is 8.77. The molecule has 2 aliphatic heterocycles. The minimum absolute atomic E-state index is 0.170. The number of aromatic nitrogens is 2. The summed E-state index contributed by atoms with van der Waals surface area (Å²) in [5, 5.41) is 0. The molecule has 6 heteroatoms. The minimum atomic E-state index is -0.230. The summed E-state index contributed by atoms with van der Waals surface area (Å²) in [6.07, 6.45) is 0.759. The maximum absolute atomic E-state index is 12.6. The van der Waals surface area contributed by atoms with Crippen molar-refractivity contribution in [3.63, 3.8) is 0 Å². The Hall–Kier alpha value is -1.92. The van der Waals surface area contributed by atoms with E-state index in [-0.39, 0.29) is 12.0 Å². The normalized spacial score (nSPS) is 25.5. The van der Waals surface area contributed by atoms with E-state index in [0.29, 0.717) is 12.5 Å². The third-order valence-corrected chi connectivity index (χ3v) is 5.13. The fourth-order valence-corrected chi connectivity index (χ4v) is 3.61. The average molecular weight is 328 g/mol. The van der Waals surface area contributed by atoms with Crippen molar-refractivity contribution in [3.8, 4) is 0 Å². The van der Waals surface area contributed by atoms with Gasteiger partial charge < -0.3 is 14.6 Å². The van der Waals surface area contributed by atoms with Crippen molar-refractivity contribution < 1.29 is 9.53 Å². The highest BCUT2D eigenvalue weighted by Crippen LogP contribution is 2.22. The van der Waals surface area contributed by atoms with Crippen LogP contribution >= 0.6 is 0 Å². The zero-order valence-electron chi connectivity index (χ0n) is 14.1. The van der Waals surface area contributed by atoms with Gasteiger partial charge in [-0.15, -0.1) is 0 Å². The van der Waals surface area contributed by atoms with Crippen LogP contribution in [-0.4, -0.2) is 64.6 Å². The quantitative estimate of drug-likeness (QED) is 0.930. The molecule has 0 saturated carbocycles. The first-order chi connectivity index (χ1) is 11.7. The summed E-state index contributed by atoms with van der Waals surface area (Å²) in [5.41, 5.74) is 2.09. The molecule has 0 aliphatic carbocycles. The van der Waals surface area contributed by atoms with Crippen molar-refractivity contribution in [1.82, 2.24) is 19.8 Å². The molecule has 1 aromatic carbocycles. The van der Waals surface area contributed by atoms with Crippen LogP contribution in [0.2, 0.25) is 0 Å². The number of para-hydroxylation sites is 2. The molecule has 1 aromatic heterocycles. The Bertz CT molecular complexity index is 688. The number of aromatic amines is 1. The Kier molecular flexibility index (Phi) is 4.24. The second-order valence-corrected chi connectivity index (χ2v) is 6.86. The molecule has 2 aliphatic rings. The first kappa shape index (κ1) is 15.6. The average Bonchev–Trinajstić information content (AvgIpc) is 3.20. The SMILES string of the molecule is C[C@@H]1CCO[C@@H]1C(=O)N1CCN(Cc2nc3ccccc3[nH]2)CC1. The topological polar surface area (TPSA) is 61.5 Å². The Balaban J connectivity index is 1.33. The number of amides is 1. The van der Waals surface area contributed by atoms with Crippen LogP contribution in [0.3, 0.4) is 0 Å². The minimum Gasteiger partial charge on any atom is -0.368 e. The van der Waals surface area contributed by atoms with Gasteiger partial charge in [-0.05, 0) is 24.5 Å². The number of hydrogen-bond donors (Lipinski definition) is 1. The largest absolute Gasteiger partial charge is 0.368 e. The molecule has 4 rings (SSSR count). The molecule has 2 aromatic rings. The number of H-pyrrole nitrogens is 1. The lowest BCUT2D eigenvalue weighted by Crippen LogP contribution is -2.51. The van der Waals surface area contributed by atoms with Crippen molar-refractivity contribution >= 4 is 16.9 Å². The number of benzene rings is 1. The Labute approximate surface area is 141 Å². The van der Waals surface area contributed by atoms with Gasteiger partial charge in [-0.2, -0.15) is 0 Å². The predicted octanol–water partition coefficient (Wildman–Crippen LogP) is 1.63. The molecule has 0 radical (unpaired) electrons. The van der Waals surface area contributed by atoms with Gasteiger partial charge in [-0.3, -0.25) is 9.69 Å². The smallest absolute Gasteiger partial charge is 0.252 e. The molecule has 128 valence electrons. The number of piperazine rings is 1. The lowest BCUT2D eigenvalue weighted by atomic mass is 10.0. The van der Waals surface area contributed by atoms with Crippen LogP contribution < -0.4 is 0 Å². The maximum atomic E-state index is 12.6. The van der Waals surface area contributed by atoms with E-state index < -0.39 is 0 Å². The highest BCUT2D eigenvalue weighted by Gasteiger charge is 2.35. The monoisotopic (exact) mass is 328 g/mol. The molecule has 2 fully saturated rings. The number of nitrogens with zero attached hydrogens (tertiary/aromatic N) is 3. The molecule has 1 N–H and O–H groups in total. The Morgan fingerprint density at radius 2 is 2.08 bits per heavy atom. The van der Waals surface area contributed by atoms with Gasteiger partial charge in [-0.25, -0.2) is 4.98 Å². The standard InChI is InChI=1S/C18H24N4O2/c1-13-6-11-24-17(13)18(23)22-9-7-21(8-10-22)12-16-19-14-4-2-3-5-15(14)20-16/h2-5,13,17H,6-12H2,1H3,(H,19,20)/t13-,17+/m1/s1. The van der Waals surface area contributed by atoms with Gasteiger partial charge in [0.2, 0.25) is 0 Å². The van der Waals surface area contributed by atoms with E-state index in [1.165, 1.54) is 0 Å². The van der Waals surface area contributed by atoms with Crippen LogP contribution in [0.1, 0.15) is 19.2 Å². The molecule has 0 unspecified atom stereocenters. The lowest BCUT2D eigenvalue weighted by molar-refractivity contribution is -0.144. The molecule has 24 heavy (non-hydrogen) atoms. The lowest BCUT2D eigenvalue weighted by Gasteiger charge is -2.35. The highest BCUT2D eigenvalue weighted by atomic mass is 16.5. The number of hydrogen-bond acceptors (Lipinski definition) is 4. The molecule has 3 heterocycles. The summed E-state index contributed by atoms with van der Waals surface area (Å²) in [5.74, 6) is 1.50. The van der Waals surface area contributed by atoms with E-state index in [2.05, 4.69) is 21.8 Å². The second-order valence-electron chi connectivity index (χ2n) is 6.86. The van der Waals surface area contributed by atoms with E-state index >= 15 is 0 Å². The summed E-state index contributed by atoms with van der Waals surface area (Å²) in [6, 6.07) is 8.09. The molecule has 0 bridgehead atoms. The first-order valence-corrected chi connectivity index (χ1v) is 8.77. The van der Waals surface area contributed by atoms with Crippen molar-refractivity contribution in [3.05, 3.63) is 30.1 Å². The molecule has 2 atom stereocenters. The van der Waals surface area contributed by atoms with E-state index in [1.54, 1.807) is 0 Å². The van der Waals surface area contributed by atoms with Gasteiger partial charge in [0, 0.05) is 32.8 Å². The number of imidazole rings is 1. The number of nitrogens with one attached hydrogen (secondary N) is 1. The summed E-state index contributed by atoms with van der Waals surface area (Å²) >= 11 is 0. The molecular formula is C18H24N4O2. The summed E-state index contributed by atoms with van der Waals surface area (Å²) in [7, 11) is 0. The van der Waals surface area contributed by atoms with Crippen molar-refractivity contribution in [2.75, 3.05) is 32.8 Å². The van der Waals surface area contributed by atoms with Crippen LogP contribution in [0.4, 0.5) is 0 Å². The molecule has 1 amide bonds. The fourth-order valence-electron chi connectivity index (χ4n) is 3.61.